The highest BCUT2D eigenvalue weighted by molar-refractivity contribution is 5.83. The van der Waals surface area contributed by atoms with E-state index in [1.807, 2.05) is 55.6 Å². The van der Waals surface area contributed by atoms with E-state index in [0.717, 1.165) is 22.0 Å². The third-order valence-corrected chi connectivity index (χ3v) is 4.98. The molecule has 2 aromatic carbocycles. The molecule has 0 spiro atoms. The zero-order chi connectivity index (χ0) is 21.5. The van der Waals surface area contributed by atoms with Gasteiger partial charge in [-0.05, 0) is 54.2 Å². The van der Waals surface area contributed by atoms with Crippen molar-refractivity contribution in [2.24, 2.45) is 0 Å². The summed E-state index contributed by atoms with van der Waals surface area (Å²) in [6, 6.07) is 13.8. The van der Waals surface area contributed by atoms with Gasteiger partial charge in [0.1, 0.15) is 5.75 Å². The maximum absolute atomic E-state index is 11.9. The van der Waals surface area contributed by atoms with Gasteiger partial charge in [0, 0.05) is 23.6 Å². The van der Waals surface area contributed by atoms with Gasteiger partial charge in [-0.3, -0.25) is 4.79 Å². The van der Waals surface area contributed by atoms with Crippen molar-refractivity contribution < 1.29 is 19.1 Å². The van der Waals surface area contributed by atoms with E-state index in [-0.39, 0.29) is 19.1 Å². The number of amides is 1. The lowest BCUT2D eigenvalue weighted by Crippen LogP contribution is -2.31. The molecule has 3 aromatic rings. The number of aromatic nitrogens is 1. The Bertz CT molecular complexity index is 1020. The summed E-state index contributed by atoms with van der Waals surface area (Å²) >= 11 is 0. The predicted octanol–water partition coefficient (Wildman–Crippen LogP) is 3.88. The van der Waals surface area contributed by atoms with Crippen LogP contribution in [0.4, 0.5) is 0 Å². The molecular weight excluding hydrogens is 380 g/mol. The largest absolute Gasteiger partial charge is 0.482 e. The highest BCUT2D eigenvalue weighted by Crippen LogP contribution is 2.23. The number of fused-ring (bicyclic) bond motifs is 1. The highest BCUT2D eigenvalue weighted by atomic mass is 16.6. The van der Waals surface area contributed by atoms with Crippen molar-refractivity contribution in [1.29, 1.82) is 0 Å². The quantitative estimate of drug-likeness (QED) is 0.527. The SMILES string of the molecule is Cc1cc(OCC(=O)OCC(=O)NCCc2c[nH]c3ccccc23)ccc1C(C)C. The fourth-order valence-corrected chi connectivity index (χ4v) is 3.44. The molecule has 0 aliphatic heterocycles. The van der Waals surface area contributed by atoms with Crippen LogP contribution in [0.2, 0.25) is 0 Å². The van der Waals surface area contributed by atoms with Crippen molar-refractivity contribution in [3.8, 4) is 5.75 Å². The van der Waals surface area contributed by atoms with Gasteiger partial charge in [0.15, 0.2) is 13.2 Å². The number of hydrogen-bond acceptors (Lipinski definition) is 4. The molecule has 1 amide bonds. The lowest BCUT2D eigenvalue weighted by atomic mass is 9.98. The van der Waals surface area contributed by atoms with Crippen LogP contribution >= 0.6 is 0 Å². The molecule has 0 radical (unpaired) electrons. The second-order valence-corrected chi connectivity index (χ2v) is 7.58. The molecule has 0 fully saturated rings. The number of aromatic amines is 1. The molecule has 0 unspecified atom stereocenters. The average Bonchev–Trinajstić information content (AvgIpc) is 3.13. The Labute approximate surface area is 176 Å². The predicted molar refractivity (Wildman–Crippen MR) is 117 cm³/mol. The molecule has 6 nitrogen and oxygen atoms in total. The third kappa shape index (κ3) is 5.63. The van der Waals surface area contributed by atoms with Crippen LogP contribution in [0.25, 0.3) is 10.9 Å². The van der Waals surface area contributed by atoms with Crippen molar-refractivity contribution in [2.75, 3.05) is 19.8 Å². The molecule has 2 N–H and O–H groups in total. The molecular formula is C24H28N2O4. The number of para-hydroxylation sites is 1. The van der Waals surface area contributed by atoms with Crippen LogP contribution in [-0.2, 0) is 20.7 Å². The number of benzene rings is 2. The van der Waals surface area contributed by atoms with Crippen LogP contribution in [0.5, 0.6) is 5.75 Å². The molecule has 0 saturated carbocycles. The van der Waals surface area contributed by atoms with Crippen molar-refractivity contribution in [3.05, 3.63) is 65.4 Å². The van der Waals surface area contributed by atoms with E-state index < -0.39 is 5.97 Å². The number of rotatable bonds is 9. The smallest absolute Gasteiger partial charge is 0.344 e. The zero-order valence-electron chi connectivity index (χ0n) is 17.7. The van der Waals surface area contributed by atoms with E-state index in [2.05, 4.69) is 24.1 Å². The molecule has 30 heavy (non-hydrogen) atoms. The first-order valence-electron chi connectivity index (χ1n) is 10.1. The Kier molecular flexibility index (Phi) is 7.12. The minimum Gasteiger partial charge on any atom is -0.482 e. The number of hydrogen-bond donors (Lipinski definition) is 2. The van der Waals surface area contributed by atoms with Crippen LogP contribution < -0.4 is 10.1 Å². The lowest BCUT2D eigenvalue weighted by Gasteiger charge is -2.12. The molecule has 0 bridgehead atoms. The van der Waals surface area contributed by atoms with Crippen molar-refractivity contribution in [1.82, 2.24) is 10.3 Å². The summed E-state index contributed by atoms with van der Waals surface area (Å²) < 4.78 is 10.5. The number of H-pyrrole nitrogens is 1. The van der Waals surface area contributed by atoms with Crippen molar-refractivity contribution >= 4 is 22.8 Å². The Morgan fingerprint density at radius 1 is 1.10 bits per heavy atom. The molecule has 0 aliphatic carbocycles. The second-order valence-electron chi connectivity index (χ2n) is 7.58. The summed E-state index contributed by atoms with van der Waals surface area (Å²) in [4.78, 5) is 27.0. The Morgan fingerprint density at radius 2 is 1.90 bits per heavy atom. The van der Waals surface area contributed by atoms with Crippen LogP contribution in [0.3, 0.4) is 0 Å². The van der Waals surface area contributed by atoms with Gasteiger partial charge in [-0.2, -0.15) is 0 Å². The molecule has 3 rings (SSSR count). The van der Waals surface area contributed by atoms with Gasteiger partial charge < -0.3 is 19.8 Å². The minimum absolute atomic E-state index is 0.233. The van der Waals surface area contributed by atoms with Crippen molar-refractivity contribution in [2.45, 2.75) is 33.1 Å². The van der Waals surface area contributed by atoms with Gasteiger partial charge in [-0.15, -0.1) is 0 Å². The van der Waals surface area contributed by atoms with Gasteiger partial charge in [0.25, 0.3) is 5.91 Å². The Hall–Kier alpha value is -3.28. The lowest BCUT2D eigenvalue weighted by molar-refractivity contribution is -0.150. The maximum atomic E-state index is 11.9. The summed E-state index contributed by atoms with van der Waals surface area (Å²) in [7, 11) is 0. The number of esters is 1. The third-order valence-electron chi connectivity index (χ3n) is 4.98. The molecule has 6 heteroatoms. The fourth-order valence-electron chi connectivity index (χ4n) is 3.44. The first-order valence-corrected chi connectivity index (χ1v) is 10.1. The fraction of sp³-hybridized carbons (Fsp3) is 0.333. The Morgan fingerprint density at radius 3 is 2.67 bits per heavy atom. The van der Waals surface area contributed by atoms with Gasteiger partial charge in [-0.1, -0.05) is 38.1 Å². The molecule has 1 aromatic heterocycles. The summed E-state index contributed by atoms with van der Waals surface area (Å²) in [6.45, 7) is 6.19. The molecule has 0 saturated heterocycles. The van der Waals surface area contributed by atoms with E-state index in [1.54, 1.807) is 0 Å². The normalized spacial score (nSPS) is 10.9. The number of ether oxygens (including phenoxy) is 2. The van der Waals surface area contributed by atoms with Crippen LogP contribution in [-0.4, -0.2) is 36.6 Å². The summed E-state index contributed by atoms with van der Waals surface area (Å²) in [5, 5.41) is 3.91. The number of aryl methyl sites for hydroxylation is 1. The van der Waals surface area contributed by atoms with Gasteiger partial charge in [0.2, 0.25) is 0 Å². The van der Waals surface area contributed by atoms with E-state index in [9.17, 15) is 9.59 Å². The average molecular weight is 408 g/mol. The second kappa shape index (κ2) is 9.96. The van der Waals surface area contributed by atoms with E-state index in [0.29, 0.717) is 24.6 Å². The van der Waals surface area contributed by atoms with E-state index in [1.165, 1.54) is 5.56 Å². The van der Waals surface area contributed by atoms with Crippen LogP contribution in [0.1, 0.15) is 36.5 Å². The van der Waals surface area contributed by atoms with Crippen LogP contribution in [0.15, 0.2) is 48.7 Å². The molecule has 158 valence electrons. The number of nitrogens with one attached hydrogen (secondary N) is 2. The summed E-state index contributed by atoms with van der Waals surface area (Å²) in [5.41, 5.74) is 4.57. The Balaban J connectivity index is 1.36. The van der Waals surface area contributed by atoms with Gasteiger partial charge in [0.05, 0.1) is 0 Å². The molecule has 1 heterocycles. The topological polar surface area (TPSA) is 80.4 Å². The first-order chi connectivity index (χ1) is 14.4. The van der Waals surface area contributed by atoms with Crippen LogP contribution in [0, 0.1) is 6.92 Å². The van der Waals surface area contributed by atoms with Gasteiger partial charge >= 0.3 is 5.97 Å². The van der Waals surface area contributed by atoms with E-state index >= 15 is 0 Å². The summed E-state index contributed by atoms with van der Waals surface area (Å²) in [5.74, 6) is 0.128. The molecule has 0 atom stereocenters. The van der Waals surface area contributed by atoms with Gasteiger partial charge in [-0.25, -0.2) is 4.79 Å². The van der Waals surface area contributed by atoms with Crippen molar-refractivity contribution in [3.63, 3.8) is 0 Å². The number of carbonyl (C=O) groups excluding carboxylic acids is 2. The standard InChI is InChI=1S/C24H28N2O4/c1-16(2)20-9-8-19(12-17(20)3)29-15-24(28)30-14-23(27)25-11-10-18-13-26-22-7-5-4-6-21(18)22/h4-9,12-13,16,26H,10-11,14-15H2,1-3H3,(H,25,27). The minimum atomic E-state index is -0.577. The zero-order valence-corrected chi connectivity index (χ0v) is 17.7. The highest BCUT2D eigenvalue weighted by Gasteiger charge is 2.10. The summed E-state index contributed by atoms with van der Waals surface area (Å²) in [6.07, 6.45) is 2.64. The first kappa shape index (κ1) is 21.4. The maximum Gasteiger partial charge on any atom is 0.344 e. The number of carbonyl (C=O) groups is 2. The molecule has 0 aliphatic rings. The monoisotopic (exact) mass is 408 g/mol. The van der Waals surface area contributed by atoms with E-state index in [4.69, 9.17) is 9.47 Å².